The van der Waals surface area contributed by atoms with E-state index in [1.54, 1.807) is 24.3 Å². The summed E-state index contributed by atoms with van der Waals surface area (Å²) in [6, 6.07) is 8.79. The highest BCUT2D eigenvalue weighted by Gasteiger charge is 2.40. The zero-order chi connectivity index (χ0) is 15.3. The number of ether oxygens (including phenoxy) is 1. The Morgan fingerprint density at radius 2 is 1.86 bits per heavy atom. The molecule has 0 bridgehead atoms. The summed E-state index contributed by atoms with van der Waals surface area (Å²) < 4.78 is 31.7. The van der Waals surface area contributed by atoms with Crippen LogP contribution in [0.2, 0.25) is 0 Å². The van der Waals surface area contributed by atoms with Gasteiger partial charge in [-0.1, -0.05) is 30.3 Å². The number of carboxylic acid groups (broad SMARTS) is 1. The number of nitrogens with one attached hydrogen (secondary N) is 1. The predicted molar refractivity (Wildman–Crippen MR) is 77.2 cm³/mol. The summed E-state index contributed by atoms with van der Waals surface area (Å²) in [4.78, 5) is 11.5. The summed E-state index contributed by atoms with van der Waals surface area (Å²) in [6.45, 7) is 0.584. The zero-order valence-electron chi connectivity index (χ0n) is 11.6. The molecular formula is C14H19NO5S. The Balaban J connectivity index is 2.01. The molecule has 6 nitrogen and oxygen atoms in total. The minimum atomic E-state index is -3.56. The Bertz CT molecular complexity index is 579. The molecule has 1 aliphatic heterocycles. The minimum absolute atomic E-state index is 0.0964. The average molecular weight is 313 g/mol. The highest BCUT2D eigenvalue weighted by atomic mass is 32.2. The fraction of sp³-hybridized carbons (Fsp3) is 0.500. The molecule has 1 fully saturated rings. The molecule has 0 atom stereocenters. The molecule has 1 aliphatic rings. The number of sulfonamides is 1. The number of aliphatic carboxylic acids is 1. The van der Waals surface area contributed by atoms with Gasteiger partial charge >= 0.3 is 5.97 Å². The molecule has 0 saturated carbocycles. The molecule has 0 aromatic heterocycles. The van der Waals surface area contributed by atoms with Crippen molar-refractivity contribution in [1.82, 2.24) is 4.72 Å². The number of rotatable bonds is 6. The molecular weight excluding hydrogens is 294 g/mol. The third-order valence-electron chi connectivity index (χ3n) is 3.73. The molecule has 7 heteroatoms. The van der Waals surface area contributed by atoms with E-state index in [0.717, 1.165) is 0 Å². The van der Waals surface area contributed by atoms with Crippen LogP contribution in [0.25, 0.3) is 0 Å². The van der Waals surface area contributed by atoms with Gasteiger partial charge in [0.1, 0.15) is 0 Å². The lowest BCUT2D eigenvalue weighted by Crippen LogP contribution is -2.46. The summed E-state index contributed by atoms with van der Waals surface area (Å²) in [5.74, 6) is -1.13. The first-order valence-electron chi connectivity index (χ1n) is 6.76. The van der Waals surface area contributed by atoms with Crippen LogP contribution in [-0.4, -0.2) is 39.3 Å². The molecule has 1 heterocycles. The molecule has 0 spiro atoms. The molecule has 1 aromatic rings. The third-order valence-corrected chi connectivity index (χ3v) is 5.03. The lowest BCUT2D eigenvalue weighted by Gasteiger charge is -2.33. The summed E-state index contributed by atoms with van der Waals surface area (Å²) in [6.07, 6.45) is 0.631. The van der Waals surface area contributed by atoms with E-state index in [1.807, 2.05) is 6.07 Å². The molecule has 0 radical (unpaired) electrons. The maximum absolute atomic E-state index is 12.1. The summed E-state index contributed by atoms with van der Waals surface area (Å²) in [5, 5.41) is 9.38. The van der Waals surface area contributed by atoms with E-state index in [1.165, 1.54) is 0 Å². The molecule has 0 unspecified atom stereocenters. The molecule has 1 aromatic carbocycles. The van der Waals surface area contributed by atoms with Crippen molar-refractivity contribution in [2.24, 2.45) is 5.41 Å². The zero-order valence-corrected chi connectivity index (χ0v) is 12.4. The van der Waals surface area contributed by atoms with Gasteiger partial charge in [-0.15, -0.1) is 0 Å². The largest absolute Gasteiger partial charge is 0.481 e. The topological polar surface area (TPSA) is 92.7 Å². The Morgan fingerprint density at radius 1 is 1.24 bits per heavy atom. The van der Waals surface area contributed by atoms with E-state index in [2.05, 4.69) is 4.72 Å². The van der Waals surface area contributed by atoms with Gasteiger partial charge in [-0.3, -0.25) is 4.79 Å². The van der Waals surface area contributed by atoms with E-state index in [4.69, 9.17) is 4.74 Å². The number of carboxylic acids is 1. The van der Waals surface area contributed by atoms with Gasteiger partial charge in [-0.2, -0.15) is 0 Å². The Hall–Kier alpha value is -1.44. The van der Waals surface area contributed by atoms with Crippen LogP contribution >= 0.6 is 0 Å². The Kier molecular flexibility index (Phi) is 4.97. The van der Waals surface area contributed by atoms with Crippen molar-refractivity contribution >= 4 is 16.0 Å². The van der Waals surface area contributed by atoms with Gasteiger partial charge in [0.15, 0.2) is 0 Å². The fourth-order valence-electron chi connectivity index (χ4n) is 2.32. The van der Waals surface area contributed by atoms with Crippen molar-refractivity contribution in [3.8, 4) is 0 Å². The maximum atomic E-state index is 12.1. The monoisotopic (exact) mass is 313 g/mol. The van der Waals surface area contributed by atoms with E-state index in [9.17, 15) is 18.3 Å². The second-order valence-corrected chi connectivity index (χ2v) is 7.07. The van der Waals surface area contributed by atoms with Crippen LogP contribution in [0, 0.1) is 5.41 Å². The van der Waals surface area contributed by atoms with Crippen LogP contribution in [0.4, 0.5) is 0 Å². The van der Waals surface area contributed by atoms with Gasteiger partial charge in [-0.25, -0.2) is 13.1 Å². The molecule has 2 N–H and O–H groups in total. The van der Waals surface area contributed by atoms with Gasteiger partial charge in [0.2, 0.25) is 10.0 Å². The first-order chi connectivity index (χ1) is 9.94. The van der Waals surface area contributed by atoms with E-state index in [-0.39, 0.29) is 12.3 Å². The van der Waals surface area contributed by atoms with Crippen LogP contribution in [0.1, 0.15) is 18.4 Å². The van der Waals surface area contributed by atoms with Crippen molar-refractivity contribution < 1.29 is 23.1 Å². The van der Waals surface area contributed by atoms with Crippen LogP contribution in [0.5, 0.6) is 0 Å². The standard InChI is InChI=1S/C14H19NO5S/c16-13(17)14(6-8-20-9-7-14)11-15-21(18,19)10-12-4-2-1-3-5-12/h1-5,15H,6-11H2,(H,16,17). The Labute approximate surface area is 124 Å². The molecule has 0 amide bonds. The van der Waals surface area contributed by atoms with Crippen LogP contribution in [0.3, 0.4) is 0 Å². The average Bonchev–Trinajstić information content (AvgIpc) is 2.47. The third kappa shape index (κ3) is 4.26. The minimum Gasteiger partial charge on any atom is -0.481 e. The SMILES string of the molecule is O=C(O)C1(CNS(=O)(=O)Cc2ccccc2)CCOCC1. The summed E-state index contributed by atoms with van der Waals surface area (Å²) in [7, 11) is -3.56. The van der Waals surface area contributed by atoms with Crippen LogP contribution in [-0.2, 0) is 25.3 Å². The number of hydrogen-bond acceptors (Lipinski definition) is 4. The van der Waals surface area contributed by atoms with Gasteiger partial charge in [-0.05, 0) is 18.4 Å². The molecule has 1 saturated heterocycles. The van der Waals surface area contributed by atoms with Gasteiger partial charge in [0.05, 0.1) is 11.2 Å². The smallest absolute Gasteiger partial charge is 0.311 e. The van der Waals surface area contributed by atoms with Gasteiger partial charge < -0.3 is 9.84 Å². The highest BCUT2D eigenvalue weighted by Crippen LogP contribution is 2.30. The quantitative estimate of drug-likeness (QED) is 0.817. The van der Waals surface area contributed by atoms with Crippen LogP contribution in [0.15, 0.2) is 30.3 Å². The van der Waals surface area contributed by atoms with Crippen molar-refractivity contribution in [3.63, 3.8) is 0 Å². The normalized spacial score (nSPS) is 18.3. The van der Waals surface area contributed by atoms with Crippen molar-refractivity contribution in [2.75, 3.05) is 19.8 Å². The van der Waals surface area contributed by atoms with Gasteiger partial charge in [0.25, 0.3) is 0 Å². The van der Waals surface area contributed by atoms with Gasteiger partial charge in [0, 0.05) is 19.8 Å². The number of hydrogen-bond donors (Lipinski definition) is 2. The summed E-state index contributed by atoms with van der Waals surface area (Å²) in [5.41, 5.74) is -0.400. The molecule has 116 valence electrons. The van der Waals surface area contributed by atoms with E-state index < -0.39 is 21.4 Å². The second-order valence-electron chi connectivity index (χ2n) is 5.26. The lowest BCUT2D eigenvalue weighted by molar-refractivity contribution is -0.154. The molecule has 2 rings (SSSR count). The predicted octanol–water partition coefficient (Wildman–Crippen LogP) is 0.987. The molecule has 21 heavy (non-hydrogen) atoms. The van der Waals surface area contributed by atoms with Crippen molar-refractivity contribution in [1.29, 1.82) is 0 Å². The van der Waals surface area contributed by atoms with E-state index in [0.29, 0.717) is 31.6 Å². The van der Waals surface area contributed by atoms with Crippen molar-refractivity contribution in [2.45, 2.75) is 18.6 Å². The first kappa shape index (κ1) is 15.9. The van der Waals surface area contributed by atoms with E-state index >= 15 is 0 Å². The number of benzene rings is 1. The van der Waals surface area contributed by atoms with Crippen molar-refractivity contribution in [3.05, 3.63) is 35.9 Å². The fourth-order valence-corrected chi connectivity index (χ4v) is 3.55. The first-order valence-corrected chi connectivity index (χ1v) is 8.41. The summed E-state index contributed by atoms with van der Waals surface area (Å²) >= 11 is 0. The maximum Gasteiger partial charge on any atom is 0.311 e. The number of carbonyl (C=O) groups is 1. The van der Waals surface area contributed by atoms with Crippen LogP contribution < -0.4 is 4.72 Å². The Morgan fingerprint density at radius 3 is 2.43 bits per heavy atom. The molecule has 0 aliphatic carbocycles. The highest BCUT2D eigenvalue weighted by molar-refractivity contribution is 7.88. The second kappa shape index (κ2) is 6.55. The lowest BCUT2D eigenvalue weighted by atomic mass is 9.80.